The van der Waals surface area contributed by atoms with Gasteiger partial charge in [0.2, 0.25) is 5.91 Å². The molecule has 1 aromatic heterocycles. The highest BCUT2D eigenvalue weighted by molar-refractivity contribution is 6.05. The lowest BCUT2D eigenvalue weighted by Gasteiger charge is -2.09. The van der Waals surface area contributed by atoms with Crippen LogP contribution in [0.1, 0.15) is 23.7 Å². The minimum atomic E-state index is -0.249. The lowest BCUT2D eigenvalue weighted by molar-refractivity contribution is -0.117. The molecular weight excluding hydrogens is 342 g/mol. The lowest BCUT2D eigenvalue weighted by atomic mass is 10.1. The average Bonchev–Trinajstić information content (AvgIpc) is 3.17. The summed E-state index contributed by atoms with van der Waals surface area (Å²) in [5.74, 6) is 0.917. The quantitative estimate of drug-likeness (QED) is 0.714. The van der Waals surface area contributed by atoms with Gasteiger partial charge in [-0.2, -0.15) is 0 Å². The molecule has 0 saturated heterocycles. The molecule has 2 N–H and O–H groups in total. The van der Waals surface area contributed by atoms with Gasteiger partial charge in [-0.1, -0.05) is 25.1 Å². The number of nitrogens with zero attached hydrogens (tertiary/aromatic N) is 1. The standard InChI is InChI=1S/C21H19N3O3/c1-13-8-18(13)21(26)24-17-7-3-5-15(10-17)20(25)23-16-6-2-4-14(9-16)19-11-22-12-27-19/h2-7,9-13,18H,8H2,1H3,(H,23,25)(H,24,26)/t13-,18+/m0/s1. The second kappa shape index (κ2) is 7.07. The van der Waals surface area contributed by atoms with Gasteiger partial charge in [0.1, 0.15) is 0 Å². The zero-order valence-corrected chi connectivity index (χ0v) is 14.8. The molecular formula is C21H19N3O3. The molecule has 1 fully saturated rings. The molecule has 6 heteroatoms. The van der Waals surface area contributed by atoms with E-state index >= 15 is 0 Å². The number of oxazole rings is 1. The van der Waals surface area contributed by atoms with E-state index in [1.165, 1.54) is 6.39 Å². The number of anilines is 2. The molecule has 2 aromatic carbocycles. The van der Waals surface area contributed by atoms with Gasteiger partial charge in [-0.15, -0.1) is 0 Å². The van der Waals surface area contributed by atoms with Crippen LogP contribution in [0, 0.1) is 11.8 Å². The van der Waals surface area contributed by atoms with Gasteiger partial charge in [-0.25, -0.2) is 4.98 Å². The molecule has 4 rings (SSSR count). The van der Waals surface area contributed by atoms with Crippen LogP contribution in [0.3, 0.4) is 0 Å². The minimum absolute atomic E-state index is 0.0137. The van der Waals surface area contributed by atoms with Gasteiger partial charge in [0.25, 0.3) is 5.91 Å². The fourth-order valence-electron chi connectivity index (χ4n) is 2.97. The Hall–Kier alpha value is -3.41. The van der Waals surface area contributed by atoms with Crippen LogP contribution in [0.4, 0.5) is 11.4 Å². The molecule has 0 spiro atoms. The van der Waals surface area contributed by atoms with E-state index in [2.05, 4.69) is 22.5 Å². The summed E-state index contributed by atoms with van der Waals surface area (Å²) >= 11 is 0. The van der Waals surface area contributed by atoms with E-state index in [1.807, 2.05) is 18.2 Å². The van der Waals surface area contributed by atoms with Gasteiger partial charge in [0.15, 0.2) is 12.2 Å². The van der Waals surface area contributed by atoms with E-state index in [-0.39, 0.29) is 17.7 Å². The summed E-state index contributed by atoms with van der Waals surface area (Å²) in [5.41, 5.74) is 2.57. The molecule has 3 aromatic rings. The van der Waals surface area contributed by atoms with Crippen molar-refractivity contribution in [3.8, 4) is 11.3 Å². The molecule has 0 radical (unpaired) electrons. The summed E-state index contributed by atoms with van der Waals surface area (Å²) in [5, 5.41) is 5.75. The highest BCUT2D eigenvalue weighted by Crippen LogP contribution is 2.38. The summed E-state index contributed by atoms with van der Waals surface area (Å²) in [4.78, 5) is 28.6. The van der Waals surface area contributed by atoms with Crippen LogP contribution in [-0.4, -0.2) is 16.8 Å². The van der Waals surface area contributed by atoms with E-state index in [9.17, 15) is 9.59 Å². The first-order valence-electron chi connectivity index (χ1n) is 8.81. The van der Waals surface area contributed by atoms with Crippen molar-refractivity contribution in [2.45, 2.75) is 13.3 Å². The number of nitrogens with one attached hydrogen (secondary N) is 2. The Labute approximate surface area is 156 Å². The molecule has 1 heterocycles. The number of carbonyl (C=O) groups excluding carboxylic acids is 2. The molecule has 1 aliphatic carbocycles. The van der Waals surface area contributed by atoms with E-state index in [1.54, 1.807) is 36.5 Å². The molecule has 2 atom stereocenters. The first kappa shape index (κ1) is 17.0. The summed E-state index contributed by atoms with van der Waals surface area (Å²) in [6, 6.07) is 14.3. The zero-order chi connectivity index (χ0) is 18.8. The predicted molar refractivity (Wildman–Crippen MR) is 102 cm³/mol. The second-order valence-electron chi connectivity index (χ2n) is 6.79. The topological polar surface area (TPSA) is 84.2 Å². The van der Waals surface area contributed by atoms with E-state index < -0.39 is 0 Å². The maximum atomic E-state index is 12.6. The van der Waals surface area contributed by atoms with Gasteiger partial charge in [-0.05, 0) is 42.7 Å². The van der Waals surface area contributed by atoms with Gasteiger partial charge in [0.05, 0.1) is 6.20 Å². The summed E-state index contributed by atoms with van der Waals surface area (Å²) in [6.45, 7) is 2.06. The van der Waals surface area contributed by atoms with Crippen molar-refractivity contribution in [1.82, 2.24) is 4.98 Å². The maximum absolute atomic E-state index is 12.6. The number of aromatic nitrogens is 1. The highest BCUT2D eigenvalue weighted by Gasteiger charge is 2.39. The van der Waals surface area contributed by atoms with E-state index in [0.717, 1.165) is 12.0 Å². The van der Waals surface area contributed by atoms with Crippen molar-refractivity contribution < 1.29 is 14.0 Å². The predicted octanol–water partition coefficient (Wildman–Crippen LogP) is 4.19. The zero-order valence-electron chi connectivity index (χ0n) is 14.8. The molecule has 1 aliphatic rings. The van der Waals surface area contributed by atoms with Crippen molar-refractivity contribution in [1.29, 1.82) is 0 Å². The van der Waals surface area contributed by atoms with Crippen molar-refractivity contribution in [3.63, 3.8) is 0 Å². The Kier molecular flexibility index (Phi) is 4.46. The number of benzene rings is 2. The Bertz CT molecular complexity index is 982. The number of rotatable bonds is 5. The number of carbonyl (C=O) groups is 2. The Morgan fingerprint density at radius 2 is 1.81 bits per heavy atom. The van der Waals surface area contributed by atoms with Crippen LogP contribution in [0.5, 0.6) is 0 Å². The number of amides is 2. The second-order valence-corrected chi connectivity index (χ2v) is 6.79. The van der Waals surface area contributed by atoms with Crippen LogP contribution in [0.15, 0.2) is 65.5 Å². The fourth-order valence-corrected chi connectivity index (χ4v) is 2.97. The Morgan fingerprint density at radius 3 is 2.52 bits per heavy atom. The Balaban J connectivity index is 1.46. The van der Waals surface area contributed by atoms with Crippen molar-refractivity contribution in [2.75, 3.05) is 10.6 Å². The molecule has 1 saturated carbocycles. The molecule has 136 valence electrons. The van der Waals surface area contributed by atoms with Crippen molar-refractivity contribution in [3.05, 3.63) is 66.7 Å². The fraction of sp³-hybridized carbons (Fsp3) is 0.190. The first-order valence-corrected chi connectivity index (χ1v) is 8.81. The molecule has 0 unspecified atom stereocenters. The van der Waals surface area contributed by atoms with E-state index in [0.29, 0.717) is 28.6 Å². The number of hydrogen-bond acceptors (Lipinski definition) is 4. The minimum Gasteiger partial charge on any atom is -0.444 e. The van der Waals surface area contributed by atoms with Crippen LogP contribution in [0.2, 0.25) is 0 Å². The van der Waals surface area contributed by atoms with Crippen molar-refractivity contribution >= 4 is 23.2 Å². The molecule has 27 heavy (non-hydrogen) atoms. The Morgan fingerprint density at radius 1 is 1.07 bits per heavy atom. The van der Waals surface area contributed by atoms with Crippen LogP contribution in [-0.2, 0) is 4.79 Å². The SMILES string of the molecule is C[C@H]1C[C@H]1C(=O)Nc1cccc(C(=O)Nc2cccc(-c3cnco3)c2)c1. The maximum Gasteiger partial charge on any atom is 0.255 e. The average molecular weight is 361 g/mol. The highest BCUT2D eigenvalue weighted by atomic mass is 16.3. The molecule has 0 aliphatic heterocycles. The van der Waals surface area contributed by atoms with Gasteiger partial charge in [-0.3, -0.25) is 9.59 Å². The molecule has 6 nitrogen and oxygen atoms in total. The third-order valence-electron chi connectivity index (χ3n) is 4.68. The molecule has 0 bridgehead atoms. The summed E-state index contributed by atoms with van der Waals surface area (Å²) < 4.78 is 5.28. The van der Waals surface area contributed by atoms with Crippen molar-refractivity contribution in [2.24, 2.45) is 11.8 Å². The van der Waals surface area contributed by atoms with Gasteiger partial charge >= 0.3 is 0 Å². The van der Waals surface area contributed by atoms with Crippen LogP contribution >= 0.6 is 0 Å². The van der Waals surface area contributed by atoms with Crippen LogP contribution < -0.4 is 10.6 Å². The normalized spacial score (nSPS) is 18.0. The van der Waals surface area contributed by atoms with Crippen LogP contribution in [0.25, 0.3) is 11.3 Å². The lowest BCUT2D eigenvalue weighted by Crippen LogP contribution is -2.16. The smallest absolute Gasteiger partial charge is 0.255 e. The largest absolute Gasteiger partial charge is 0.444 e. The van der Waals surface area contributed by atoms with E-state index in [4.69, 9.17) is 4.42 Å². The summed E-state index contributed by atoms with van der Waals surface area (Å²) in [7, 11) is 0. The third kappa shape index (κ3) is 3.89. The number of hydrogen-bond donors (Lipinski definition) is 2. The monoisotopic (exact) mass is 361 g/mol. The third-order valence-corrected chi connectivity index (χ3v) is 4.68. The first-order chi connectivity index (χ1) is 13.1. The van der Waals surface area contributed by atoms with Gasteiger partial charge in [0, 0.05) is 28.4 Å². The van der Waals surface area contributed by atoms with Gasteiger partial charge < -0.3 is 15.1 Å². The molecule has 2 amide bonds. The summed E-state index contributed by atoms with van der Waals surface area (Å²) in [6.07, 6.45) is 3.91.